The quantitative estimate of drug-likeness (QED) is 0.217. The van der Waals surface area contributed by atoms with Gasteiger partial charge in [-0.1, -0.05) is 50.3 Å². The summed E-state index contributed by atoms with van der Waals surface area (Å²) in [7, 11) is 0. The molecule has 1 aliphatic carbocycles. The van der Waals surface area contributed by atoms with E-state index in [1.807, 2.05) is 6.07 Å². The fourth-order valence-electron chi connectivity index (χ4n) is 3.87. The molecule has 3 atom stereocenters. The van der Waals surface area contributed by atoms with Crippen molar-refractivity contribution in [2.45, 2.75) is 38.4 Å². The first-order valence-electron chi connectivity index (χ1n) is 11.1. The van der Waals surface area contributed by atoms with E-state index in [2.05, 4.69) is 4.74 Å². The number of hydrogen-bond acceptors (Lipinski definition) is 6. The summed E-state index contributed by atoms with van der Waals surface area (Å²) in [6.45, 7) is 3.17. The minimum atomic E-state index is -5.84. The molecule has 1 aliphatic rings. The number of allylic oxidation sites excluding steroid dienone is 1. The summed E-state index contributed by atoms with van der Waals surface area (Å²) in [4.78, 5) is 24.4. The van der Waals surface area contributed by atoms with Crippen LogP contribution >= 0.6 is 0 Å². The summed E-state index contributed by atoms with van der Waals surface area (Å²) in [6, 6.07) is 16.9. The van der Waals surface area contributed by atoms with Crippen LogP contribution in [0.4, 0.5) is 26.3 Å². The molecule has 202 valence electrons. The lowest BCUT2D eigenvalue weighted by molar-refractivity contribution is -0.312. The van der Waals surface area contributed by atoms with Crippen LogP contribution in [0.1, 0.15) is 25.5 Å². The summed E-state index contributed by atoms with van der Waals surface area (Å²) in [5.41, 5.74) is -0.534. The zero-order valence-corrected chi connectivity index (χ0v) is 19.9. The molecule has 1 fully saturated rings. The third kappa shape index (κ3) is 6.85. The molecule has 0 saturated heterocycles. The van der Waals surface area contributed by atoms with Crippen molar-refractivity contribution in [1.82, 2.24) is 0 Å². The van der Waals surface area contributed by atoms with E-state index in [1.54, 1.807) is 62.4 Å². The van der Waals surface area contributed by atoms with Gasteiger partial charge < -0.3 is 14.2 Å². The van der Waals surface area contributed by atoms with E-state index < -0.39 is 53.7 Å². The van der Waals surface area contributed by atoms with Crippen LogP contribution in [0.15, 0.2) is 66.7 Å². The van der Waals surface area contributed by atoms with E-state index >= 15 is 0 Å². The van der Waals surface area contributed by atoms with Crippen molar-refractivity contribution >= 4 is 11.9 Å². The number of carbonyl (C=O) groups is 2. The molecule has 1 saturated carbocycles. The molecule has 12 heteroatoms. The Morgan fingerprint density at radius 1 is 0.947 bits per heavy atom. The van der Waals surface area contributed by atoms with Gasteiger partial charge in [-0.3, -0.25) is 4.79 Å². The molecule has 2 aromatic carbocycles. The second-order valence-corrected chi connectivity index (χ2v) is 9.02. The molecule has 0 aromatic heterocycles. The molecule has 0 amide bonds. The van der Waals surface area contributed by atoms with E-state index in [1.165, 1.54) is 6.07 Å². The number of halogens is 6. The standard InChI is InChI=1S/C26H21F6NO5/c1-24(2)18(11-12-20(34)38-23(25(27,28)29)26(30,31)32)21(24)22(35)37-19(14-33)15-7-6-10-17(13-15)36-16-8-4-3-5-9-16/h3-13,18-19,21,23H,1-2H3/b12-11+/t18-,19+,21-/m0/s1. The highest BCUT2D eigenvalue weighted by Gasteiger charge is 2.62. The van der Waals surface area contributed by atoms with Crippen LogP contribution in [-0.4, -0.2) is 30.4 Å². The van der Waals surface area contributed by atoms with E-state index in [4.69, 9.17) is 9.47 Å². The predicted octanol–water partition coefficient (Wildman–Crippen LogP) is 6.45. The summed E-state index contributed by atoms with van der Waals surface area (Å²) < 4.78 is 90.2. The van der Waals surface area contributed by atoms with Gasteiger partial charge in [0.05, 0.1) is 5.92 Å². The van der Waals surface area contributed by atoms with Crippen molar-refractivity contribution in [2.75, 3.05) is 0 Å². The lowest BCUT2D eigenvalue weighted by Crippen LogP contribution is -2.45. The van der Waals surface area contributed by atoms with Crippen LogP contribution in [0.5, 0.6) is 11.5 Å². The molecule has 3 rings (SSSR count). The van der Waals surface area contributed by atoms with Gasteiger partial charge in [0.25, 0.3) is 6.10 Å². The Balaban J connectivity index is 1.65. The SMILES string of the molecule is CC1(C)[C@H](C(=O)O[C@H](C#N)c2cccc(Oc3ccccc3)c2)[C@@H]1/C=C/C(=O)OC(C(F)(F)F)C(F)(F)F. The molecule has 6 nitrogen and oxygen atoms in total. The normalized spacial score (nSPS) is 19.5. The van der Waals surface area contributed by atoms with E-state index in [0.717, 1.165) is 6.08 Å². The third-order valence-corrected chi connectivity index (χ3v) is 5.92. The van der Waals surface area contributed by atoms with Gasteiger partial charge in [-0.05, 0) is 35.6 Å². The topological polar surface area (TPSA) is 85.6 Å². The number of esters is 2. The fourth-order valence-corrected chi connectivity index (χ4v) is 3.87. The zero-order chi connectivity index (χ0) is 28.3. The van der Waals surface area contributed by atoms with Gasteiger partial charge in [0.1, 0.15) is 17.6 Å². The Labute approximate surface area is 213 Å². The van der Waals surface area contributed by atoms with Crippen molar-refractivity contribution in [2.24, 2.45) is 17.3 Å². The number of rotatable bonds is 8. The molecule has 0 aliphatic heterocycles. The summed E-state index contributed by atoms with van der Waals surface area (Å²) >= 11 is 0. The Morgan fingerprint density at radius 2 is 1.55 bits per heavy atom. The summed E-state index contributed by atoms with van der Waals surface area (Å²) in [5.74, 6) is -3.45. The van der Waals surface area contributed by atoms with E-state index in [-0.39, 0.29) is 0 Å². The first-order valence-corrected chi connectivity index (χ1v) is 11.1. The maximum Gasteiger partial charge on any atom is 0.434 e. The van der Waals surface area contributed by atoms with E-state index in [0.29, 0.717) is 23.1 Å². The number of nitrogens with zero attached hydrogens (tertiary/aromatic N) is 1. The Bertz CT molecular complexity index is 1220. The Morgan fingerprint density at radius 3 is 2.13 bits per heavy atom. The van der Waals surface area contributed by atoms with Crippen molar-refractivity contribution in [3.63, 3.8) is 0 Å². The predicted molar refractivity (Wildman–Crippen MR) is 119 cm³/mol. The van der Waals surface area contributed by atoms with Gasteiger partial charge in [-0.25, -0.2) is 4.79 Å². The Hall–Kier alpha value is -4.01. The molecular formula is C26H21F6NO5. The number of benzene rings is 2. The van der Waals surface area contributed by atoms with Gasteiger partial charge >= 0.3 is 24.3 Å². The maximum atomic E-state index is 12.8. The lowest BCUT2D eigenvalue weighted by Gasteiger charge is -2.22. The zero-order valence-electron chi connectivity index (χ0n) is 19.9. The number of para-hydroxylation sites is 1. The molecule has 38 heavy (non-hydrogen) atoms. The minimum Gasteiger partial charge on any atom is -0.457 e. The van der Waals surface area contributed by atoms with Crippen LogP contribution in [0.3, 0.4) is 0 Å². The van der Waals surface area contributed by atoms with Crippen LogP contribution < -0.4 is 4.74 Å². The van der Waals surface area contributed by atoms with Gasteiger partial charge in [0.15, 0.2) is 0 Å². The average molecular weight is 541 g/mol. The van der Waals surface area contributed by atoms with Gasteiger partial charge in [0.2, 0.25) is 6.10 Å². The molecule has 0 unspecified atom stereocenters. The lowest BCUT2D eigenvalue weighted by atomic mass is 10.1. The van der Waals surface area contributed by atoms with Gasteiger partial charge in [-0.2, -0.15) is 31.6 Å². The second kappa shape index (κ2) is 10.8. The molecule has 0 N–H and O–H groups in total. The minimum absolute atomic E-state index is 0.314. The third-order valence-electron chi connectivity index (χ3n) is 5.92. The number of nitriles is 1. The first-order chi connectivity index (χ1) is 17.6. The monoisotopic (exact) mass is 541 g/mol. The van der Waals surface area contributed by atoms with Crippen LogP contribution in [0.2, 0.25) is 0 Å². The van der Waals surface area contributed by atoms with Crippen LogP contribution in [0.25, 0.3) is 0 Å². The van der Waals surface area contributed by atoms with Crippen molar-refractivity contribution < 1.29 is 50.1 Å². The largest absolute Gasteiger partial charge is 0.457 e. The highest BCUT2D eigenvalue weighted by molar-refractivity contribution is 5.83. The van der Waals surface area contributed by atoms with Crippen molar-refractivity contribution in [1.29, 1.82) is 5.26 Å². The van der Waals surface area contributed by atoms with Crippen LogP contribution in [0, 0.1) is 28.6 Å². The number of alkyl halides is 6. The molecule has 0 spiro atoms. The summed E-state index contributed by atoms with van der Waals surface area (Å²) in [6.07, 6.45) is -15.9. The summed E-state index contributed by atoms with van der Waals surface area (Å²) in [5, 5.41) is 9.57. The first kappa shape index (κ1) is 28.6. The molecule has 2 aromatic rings. The Kier molecular flexibility index (Phi) is 8.09. The molecular weight excluding hydrogens is 520 g/mol. The molecule has 0 radical (unpaired) electrons. The van der Waals surface area contributed by atoms with Crippen molar-refractivity contribution in [3.8, 4) is 17.6 Å². The molecule has 0 bridgehead atoms. The van der Waals surface area contributed by atoms with Crippen LogP contribution in [-0.2, 0) is 19.1 Å². The highest BCUT2D eigenvalue weighted by Crippen LogP contribution is 2.59. The van der Waals surface area contributed by atoms with E-state index in [9.17, 15) is 41.2 Å². The van der Waals surface area contributed by atoms with Crippen molar-refractivity contribution in [3.05, 3.63) is 72.3 Å². The fraction of sp³-hybridized carbons (Fsp3) is 0.346. The maximum absolute atomic E-state index is 12.8. The highest BCUT2D eigenvalue weighted by atomic mass is 19.4. The average Bonchev–Trinajstić information content (AvgIpc) is 3.39. The smallest absolute Gasteiger partial charge is 0.434 e. The number of carbonyl (C=O) groups excluding carboxylic acids is 2. The number of hydrogen-bond donors (Lipinski definition) is 0. The molecule has 0 heterocycles. The second-order valence-electron chi connectivity index (χ2n) is 9.02. The number of ether oxygens (including phenoxy) is 3. The van der Waals surface area contributed by atoms with Gasteiger partial charge in [0, 0.05) is 11.6 Å². The van der Waals surface area contributed by atoms with Gasteiger partial charge in [-0.15, -0.1) is 0 Å².